The van der Waals surface area contributed by atoms with Gasteiger partial charge in [0.25, 0.3) is 0 Å². The van der Waals surface area contributed by atoms with E-state index in [1.165, 1.54) is 0 Å². The van der Waals surface area contributed by atoms with E-state index in [4.69, 9.17) is 9.47 Å². The molecular weight excluding hydrogens is 322 g/mol. The van der Waals surface area contributed by atoms with Gasteiger partial charge in [0.2, 0.25) is 0 Å². The molecule has 0 radical (unpaired) electrons. The molecule has 0 aliphatic carbocycles. The molecule has 0 atom stereocenters. The van der Waals surface area contributed by atoms with Gasteiger partial charge >= 0.3 is 0 Å². The van der Waals surface area contributed by atoms with Crippen molar-refractivity contribution >= 4 is 21.9 Å². The summed E-state index contributed by atoms with van der Waals surface area (Å²) < 4.78 is 11.5. The number of hydrogen-bond donors (Lipinski definition) is 2. The molecule has 0 aromatic heterocycles. The second kappa shape index (κ2) is 7.99. The summed E-state index contributed by atoms with van der Waals surface area (Å²) in [6.45, 7) is 4.78. The Kier molecular flexibility index (Phi) is 6.64. The van der Waals surface area contributed by atoms with E-state index >= 15 is 0 Å². The molecule has 0 amide bonds. The average Bonchev–Trinajstić information content (AvgIpc) is 2.42. The number of aliphatic imine (C=N–C) groups is 1. The molecule has 5 nitrogen and oxygen atoms in total. The van der Waals surface area contributed by atoms with E-state index in [1.807, 2.05) is 12.1 Å². The first kappa shape index (κ1) is 16.6. The van der Waals surface area contributed by atoms with Crippen molar-refractivity contribution < 1.29 is 9.47 Å². The fourth-order valence-electron chi connectivity index (χ4n) is 1.73. The van der Waals surface area contributed by atoms with Crippen LogP contribution in [0.25, 0.3) is 0 Å². The fraction of sp³-hybridized carbons (Fsp3) is 0.500. The number of ether oxygens (including phenoxy) is 2. The van der Waals surface area contributed by atoms with Gasteiger partial charge in [-0.25, -0.2) is 0 Å². The second-order valence-corrected chi connectivity index (χ2v) is 5.39. The third kappa shape index (κ3) is 4.59. The molecule has 0 aliphatic rings. The van der Waals surface area contributed by atoms with Crippen molar-refractivity contribution in [2.24, 2.45) is 4.99 Å². The highest BCUT2D eigenvalue weighted by Gasteiger charge is 2.10. The Labute approximate surface area is 128 Å². The molecule has 1 rings (SSSR count). The van der Waals surface area contributed by atoms with Crippen LogP contribution >= 0.6 is 15.9 Å². The maximum atomic E-state index is 5.33. The zero-order valence-corrected chi connectivity index (χ0v) is 14.2. The fourth-order valence-corrected chi connectivity index (χ4v) is 2.38. The molecule has 0 spiro atoms. The van der Waals surface area contributed by atoms with Crippen LogP contribution in [0.3, 0.4) is 0 Å². The average molecular weight is 344 g/mol. The van der Waals surface area contributed by atoms with Gasteiger partial charge in [-0.05, 0) is 47.5 Å². The standard InChI is InChI=1S/C14H22BrN3O2/c1-9(2)18-14(16-3)17-8-10-6-11(15)13(20-5)12(7-10)19-4/h6-7,9H,8H2,1-5H3,(H2,16,17,18). The lowest BCUT2D eigenvalue weighted by Crippen LogP contribution is -2.40. The zero-order chi connectivity index (χ0) is 15.1. The molecular formula is C14H22BrN3O2. The molecule has 0 heterocycles. The van der Waals surface area contributed by atoms with Crippen molar-refractivity contribution in [3.8, 4) is 11.5 Å². The second-order valence-electron chi connectivity index (χ2n) is 4.54. The number of methoxy groups -OCH3 is 2. The van der Waals surface area contributed by atoms with Gasteiger partial charge < -0.3 is 20.1 Å². The Morgan fingerprint density at radius 3 is 2.50 bits per heavy atom. The van der Waals surface area contributed by atoms with Crippen LogP contribution in [0.2, 0.25) is 0 Å². The van der Waals surface area contributed by atoms with E-state index in [1.54, 1.807) is 21.3 Å². The molecule has 0 bridgehead atoms. The number of halogens is 1. The van der Waals surface area contributed by atoms with Crippen LogP contribution in [0.4, 0.5) is 0 Å². The van der Waals surface area contributed by atoms with E-state index in [9.17, 15) is 0 Å². The Bertz CT molecular complexity index is 476. The van der Waals surface area contributed by atoms with Crippen LogP contribution in [-0.4, -0.2) is 33.3 Å². The third-order valence-corrected chi connectivity index (χ3v) is 3.19. The van der Waals surface area contributed by atoms with Crippen LogP contribution < -0.4 is 20.1 Å². The maximum absolute atomic E-state index is 5.33. The van der Waals surface area contributed by atoms with Crippen LogP contribution in [-0.2, 0) is 6.54 Å². The van der Waals surface area contributed by atoms with Gasteiger partial charge in [0, 0.05) is 19.6 Å². The monoisotopic (exact) mass is 343 g/mol. The lowest BCUT2D eigenvalue weighted by atomic mass is 10.2. The van der Waals surface area contributed by atoms with Gasteiger partial charge in [0.05, 0.1) is 18.7 Å². The van der Waals surface area contributed by atoms with Crippen molar-refractivity contribution in [1.82, 2.24) is 10.6 Å². The predicted molar refractivity (Wildman–Crippen MR) is 85.7 cm³/mol. The van der Waals surface area contributed by atoms with Crippen molar-refractivity contribution in [2.75, 3.05) is 21.3 Å². The van der Waals surface area contributed by atoms with Crippen molar-refractivity contribution in [1.29, 1.82) is 0 Å². The summed E-state index contributed by atoms with van der Waals surface area (Å²) in [5, 5.41) is 6.49. The molecule has 2 N–H and O–H groups in total. The van der Waals surface area contributed by atoms with E-state index in [0.717, 1.165) is 16.0 Å². The first-order valence-corrected chi connectivity index (χ1v) is 7.18. The number of guanidine groups is 1. The third-order valence-electron chi connectivity index (χ3n) is 2.60. The van der Waals surface area contributed by atoms with Crippen LogP contribution in [0.5, 0.6) is 11.5 Å². The first-order valence-electron chi connectivity index (χ1n) is 6.39. The van der Waals surface area contributed by atoms with Gasteiger partial charge in [0.1, 0.15) is 0 Å². The van der Waals surface area contributed by atoms with Gasteiger partial charge in [-0.3, -0.25) is 4.99 Å². The Balaban J connectivity index is 2.81. The van der Waals surface area contributed by atoms with Crippen molar-refractivity contribution in [2.45, 2.75) is 26.4 Å². The smallest absolute Gasteiger partial charge is 0.191 e. The molecule has 1 aromatic rings. The lowest BCUT2D eigenvalue weighted by Gasteiger charge is -2.16. The summed E-state index contributed by atoms with van der Waals surface area (Å²) in [6, 6.07) is 4.27. The summed E-state index contributed by atoms with van der Waals surface area (Å²) in [5.74, 6) is 2.16. The van der Waals surface area contributed by atoms with Gasteiger partial charge in [-0.15, -0.1) is 0 Å². The van der Waals surface area contributed by atoms with Crippen LogP contribution in [0.15, 0.2) is 21.6 Å². The molecule has 0 unspecified atom stereocenters. The minimum atomic E-state index is 0.332. The van der Waals surface area contributed by atoms with E-state index < -0.39 is 0 Å². The first-order chi connectivity index (χ1) is 9.51. The highest BCUT2D eigenvalue weighted by atomic mass is 79.9. The Morgan fingerprint density at radius 2 is 2.00 bits per heavy atom. The summed E-state index contributed by atoms with van der Waals surface area (Å²) >= 11 is 3.48. The van der Waals surface area contributed by atoms with E-state index in [2.05, 4.69) is 45.4 Å². The molecule has 6 heteroatoms. The molecule has 112 valence electrons. The Hall–Kier alpha value is -1.43. The van der Waals surface area contributed by atoms with E-state index in [-0.39, 0.29) is 0 Å². The van der Waals surface area contributed by atoms with Crippen LogP contribution in [0, 0.1) is 0 Å². The highest BCUT2D eigenvalue weighted by molar-refractivity contribution is 9.10. The molecule has 20 heavy (non-hydrogen) atoms. The van der Waals surface area contributed by atoms with Crippen molar-refractivity contribution in [3.05, 3.63) is 22.2 Å². The highest BCUT2D eigenvalue weighted by Crippen LogP contribution is 2.36. The van der Waals surface area contributed by atoms with E-state index in [0.29, 0.717) is 24.1 Å². The largest absolute Gasteiger partial charge is 0.493 e. The quantitative estimate of drug-likeness (QED) is 0.637. The van der Waals surface area contributed by atoms with Gasteiger partial charge in [-0.2, -0.15) is 0 Å². The summed E-state index contributed by atoms with van der Waals surface area (Å²) in [6.07, 6.45) is 0. The Morgan fingerprint density at radius 1 is 1.30 bits per heavy atom. The topological polar surface area (TPSA) is 54.9 Å². The number of nitrogens with one attached hydrogen (secondary N) is 2. The lowest BCUT2D eigenvalue weighted by molar-refractivity contribution is 0.352. The normalized spacial score (nSPS) is 11.4. The van der Waals surface area contributed by atoms with Crippen LogP contribution in [0.1, 0.15) is 19.4 Å². The summed E-state index contributed by atoms with van der Waals surface area (Å²) in [7, 11) is 5.00. The molecule has 0 aliphatic heterocycles. The molecule has 0 fully saturated rings. The number of benzene rings is 1. The number of rotatable bonds is 5. The molecule has 1 aromatic carbocycles. The minimum Gasteiger partial charge on any atom is -0.493 e. The van der Waals surface area contributed by atoms with Crippen molar-refractivity contribution in [3.63, 3.8) is 0 Å². The number of nitrogens with zero attached hydrogens (tertiary/aromatic N) is 1. The minimum absolute atomic E-state index is 0.332. The van der Waals surface area contributed by atoms with Gasteiger partial charge in [-0.1, -0.05) is 0 Å². The summed E-state index contributed by atoms with van der Waals surface area (Å²) in [5.41, 5.74) is 1.07. The van der Waals surface area contributed by atoms with Gasteiger partial charge in [0.15, 0.2) is 17.5 Å². The molecule has 0 saturated carbocycles. The number of hydrogen-bond acceptors (Lipinski definition) is 3. The molecule has 0 saturated heterocycles. The maximum Gasteiger partial charge on any atom is 0.191 e. The predicted octanol–water partition coefficient (Wildman–Crippen LogP) is 2.54. The summed E-state index contributed by atoms with van der Waals surface area (Å²) in [4.78, 5) is 4.17. The zero-order valence-electron chi connectivity index (χ0n) is 12.6. The SMILES string of the molecule is CN=C(NCc1cc(Br)c(OC)c(OC)c1)NC(C)C.